The maximum absolute atomic E-state index is 5.75. The first kappa shape index (κ1) is 21.5. The van der Waals surface area contributed by atoms with Crippen LogP contribution in [0.4, 0.5) is 0 Å². The van der Waals surface area contributed by atoms with Gasteiger partial charge in [0.1, 0.15) is 13.2 Å². The summed E-state index contributed by atoms with van der Waals surface area (Å²) in [4.78, 5) is 6.92. The van der Waals surface area contributed by atoms with Gasteiger partial charge in [-0.3, -0.25) is 4.99 Å². The average Bonchev–Trinajstić information content (AvgIpc) is 3.32. The number of likely N-dealkylation sites (tertiary alicyclic amines) is 1. The fourth-order valence-corrected chi connectivity index (χ4v) is 4.29. The molecule has 0 saturated carbocycles. The fourth-order valence-electron chi connectivity index (χ4n) is 4.29. The second kappa shape index (κ2) is 8.65. The van der Waals surface area contributed by atoms with Crippen molar-refractivity contribution < 1.29 is 14.2 Å². The molecule has 3 heterocycles. The molecule has 0 radical (unpaired) electrons. The zero-order valence-electron chi connectivity index (χ0n) is 17.1. The molecule has 6 nitrogen and oxygen atoms in total. The molecule has 1 atom stereocenters. The van der Waals surface area contributed by atoms with Crippen LogP contribution in [0.1, 0.15) is 32.3 Å². The van der Waals surface area contributed by atoms with Crippen molar-refractivity contribution in [3.8, 4) is 11.5 Å². The summed E-state index contributed by atoms with van der Waals surface area (Å²) in [6.45, 7) is 10.4. The van der Waals surface area contributed by atoms with E-state index in [2.05, 4.69) is 41.2 Å². The fraction of sp³-hybridized carbons (Fsp3) is 0.667. The molecule has 7 heteroatoms. The van der Waals surface area contributed by atoms with Crippen molar-refractivity contribution in [3.63, 3.8) is 0 Å². The van der Waals surface area contributed by atoms with E-state index in [1.807, 2.05) is 13.1 Å². The van der Waals surface area contributed by atoms with Crippen LogP contribution >= 0.6 is 24.0 Å². The monoisotopic (exact) mass is 501 g/mol. The van der Waals surface area contributed by atoms with Gasteiger partial charge < -0.3 is 24.4 Å². The Bertz CT molecular complexity index is 717. The molecular weight excluding hydrogens is 469 g/mol. The van der Waals surface area contributed by atoms with Crippen LogP contribution in [0.15, 0.2) is 23.2 Å². The largest absolute Gasteiger partial charge is 0.486 e. The van der Waals surface area contributed by atoms with Gasteiger partial charge in [-0.15, -0.1) is 24.0 Å². The molecule has 28 heavy (non-hydrogen) atoms. The van der Waals surface area contributed by atoms with Crippen LogP contribution in [0.3, 0.4) is 0 Å². The number of benzene rings is 1. The third-order valence-corrected chi connectivity index (χ3v) is 6.15. The highest BCUT2D eigenvalue weighted by atomic mass is 127. The van der Waals surface area contributed by atoms with E-state index in [0.717, 1.165) is 50.3 Å². The molecule has 2 saturated heterocycles. The maximum atomic E-state index is 5.75. The zero-order chi connectivity index (χ0) is 18.9. The highest BCUT2D eigenvalue weighted by Gasteiger charge is 2.42. The second-order valence-corrected chi connectivity index (χ2v) is 8.62. The first-order valence-electron chi connectivity index (χ1n) is 9.95. The van der Waals surface area contributed by atoms with Gasteiger partial charge in [0, 0.05) is 44.1 Å². The van der Waals surface area contributed by atoms with Gasteiger partial charge in [-0.05, 0) is 30.5 Å². The molecular formula is C21H32IN3O3. The van der Waals surface area contributed by atoms with E-state index < -0.39 is 0 Å². The first-order chi connectivity index (χ1) is 13.0. The second-order valence-electron chi connectivity index (χ2n) is 8.62. The Balaban J connectivity index is 0.00000225. The van der Waals surface area contributed by atoms with Crippen molar-refractivity contribution in [1.82, 2.24) is 10.2 Å². The lowest BCUT2D eigenvalue weighted by atomic mass is 9.84. The van der Waals surface area contributed by atoms with Crippen LogP contribution in [0.5, 0.6) is 11.5 Å². The van der Waals surface area contributed by atoms with Gasteiger partial charge in [0.05, 0.1) is 6.61 Å². The van der Waals surface area contributed by atoms with Gasteiger partial charge in [-0.1, -0.05) is 19.9 Å². The van der Waals surface area contributed by atoms with E-state index in [1.54, 1.807) is 0 Å². The van der Waals surface area contributed by atoms with Crippen LogP contribution < -0.4 is 14.8 Å². The van der Waals surface area contributed by atoms with Crippen LogP contribution in [-0.2, 0) is 10.2 Å². The summed E-state index contributed by atoms with van der Waals surface area (Å²) in [6, 6.07) is 6.27. The lowest BCUT2D eigenvalue weighted by Gasteiger charge is -2.31. The summed E-state index contributed by atoms with van der Waals surface area (Å²) < 4.78 is 17.0. The molecule has 2 fully saturated rings. The molecule has 3 aliphatic heterocycles. The van der Waals surface area contributed by atoms with E-state index >= 15 is 0 Å². The summed E-state index contributed by atoms with van der Waals surface area (Å²) in [7, 11) is 1.87. The Hall–Kier alpha value is -1.22. The number of fused-ring (bicyclic) bond motifs is 1. The van der Waals surface area contributed by atoms with Gasteiger partial charge >= 0.3 is 0 Å². The van der Waals surface area contributed by atoms with Crippen LogP contribution in [0.25, 0.3) is 0 Å². The third kappa shape index (κ3) is 4.35. The minimum absolute atomic E-state index is 0. The lowest BCUT2D eigenvalue weighted by Crippen LogP contribution is -2.45. The number of aliphatic imine (C=N–C) groups is 1. The Labute approximate surface area is 185 Å². The van der Waals surface area contributed by atoms with Gasteiger partial charge in [0.2, 0.25) is 0 Å². The SMILES string of the molecule is CN=C(NCC(C)(C)c1ccc2c(c1)OCCO2)N1CCC2(CCOC2)C1.I. The lowest BCUT2D eigenvalue weighted by molar-refractivity contribution is 0.156. The zero-order valence-corrected chi connectivity index (χ0v) is 19.5. The van der Waals surface area contributed by atoms with Gasteiger partial charge in [-0.25, -0.2) is 0 Å². The van der Waals surface area contributed by atoms with Crippen molar-refractivity contribution in [2.75, 3.05) is 53.1 Å². The van der Waals surface area contributed by atoms with E-state index in [0.29, 0.717) is 18.6 Å². The standard InChI is InChI=1S/C21H31N3O3.HI/c1-20(2,16-4-5-17-18(12-16)27-11-10-26-17)13-23-19(22-3)24-8-6-21(14-24)7-9-25-15-21;/h4-5,12H,6-11,13-15H2,1-3H3,(H,22,23);1H. The molecule has 1 aromatic carbocycles. The number of hydrogen-bond donors (Lipinski definition) is 1. The molecule has 156 valence electrons. The van der Waals surface area contributed by atoms with Crippen molar-refractivity contribution in [2.24, 2.45) is 10.4 Å². The number of ether oxygens (including phenoxy) is 3. The van der Waals surface area contributed by atoms with E-state index in [-0.39, 0.29) is 29.4 Å². The number of nitrogens with zero attached hydrogens (tertiary/aromatic N) is 2. The Morgan fingerprint density at radius 3 is 2.68 bits per heavy atom. The summed E-state index contributed by atoms with van der Waals surface area (Å²) in [5.74, 6) is 2.68. The van der Waals surface area contributed by atoms with Gasteiger partial charge in [0.15, 0.2) is 17.5 Å². The van der Waals surface area contributed by atoms with Gasteiger partial charge in [0.25, 0.3) is 0 Å². The van der Waals surface area contributed by atoms with E-state index in [1.165, 1.54) is 18.4 Å². The van der Waals surface area contributed by atoms with E-state index in [4.69, 9.17) is 14.2 Å². The van der Waals surface area contributed by atoms with Crippen molar-refractivity contribution >= 4 is 29.9 Å². The molecule has 1 aromatic rings. The normalized spacial score (nSPS) is 24.4. The third-order valence-electron chi connectivity index (χ3n) is 6.15. The molecule has 0 aromatic heterocycles. The number of hydrogen-bond acceptors (Lipinski definition) is 4. The Morgan fingerprint density at radius 2 is 1.96 bits per heavy atom. The molecule has 0 bridgehead atoms. The summed E-state index contributed by atoms with van der Waals surface area (Å²) in [5, 5.41) is 3.60. The number of rotatable bonds is 3. The summed E-state index contributed by atoms with van der Waals surface area (Å²) in [6.07, 6.45) is 2.36. The van der Waals surface area contributed by atoms with Crippen molar-refractivity contribution in [3.05, 3.63) is 23.8 Å². The molecule has 1 spiro atoms. The maximum Gasteiger partial charge on any atom is 0.193 e. The molecule has 1 unspecified atom stereocenters. The Morgan fingerprint density at radius 1 is 1.18 bits per heavy atom. The van der Waals surface area contributed by atoms with Crippen LogP contribution in [0.2, 0.25) is 0 Å². The predicted molar refractivity (Wildman–Crippen MR) is 121 cm³/mol. The number of halogens is 1. The minimum Gasteiger partial charge on any atom is -0.486 e. The quantitative estimate of drug-likeness (QED) is 0.392. The van der Waals surface area contributed by atoms with Crippen molar-refractivity contribution in [2.45, 2.75) is 32.1 Å². The van der Waals surface area contributed by atoms with Crippen molar-refractivity contribution in [1.29, 1.82) is 0 Å². The molecule has 4 rings (SSSR count). The molecule has 0 amide bonds. The summed E-state index contributed by atoms with van der Waals surface area (Å²) >= 11 is 0. The summed E-state index contributed by atoms with van der Waals surface area (Å²) in [5.41, 5.74) is 1.51. The molecule has 0 aliphatic carbocycles. The average molecular weight is 501 g/mol. The highest BCUT2D eigenvalue weighted by Crippen LogP contribution is 2.38. The van der Waals surface area contributed by atoms with Crippen LogP contribution in [0, 0.1) is 5.41 Å². The molecule has 3 aliphatic rings. The van der Waals surface area contributed by atoms with Crippen LogP contribution in [-0.4, -0.2) is 64.0 Å². The highest BCUT2D eigenvalue weighted by molar-refractivity contribution is 14.0. The minimum atomic E-state index is -0.0559. The number of guanidine groups is 1. The van der Waals surface area contributed by atoms with Gasteiger partial charge in [-0.2, -0.15) is 0 Å². The van der Waals surface area contributed by atoms with E-state index in [9.17, 15) is 0 Å². The smallest absolute Gasteiger partial charge is 0.193 e. The Kier molecular flexibility index (Phi) is 6.64. The predicted octanol–water partition coefficient (Wildman–Crippen LogP) is 3.04. The first-order valence-corrected chi connectivity index (χ1v) is 9.95. The molecule has 1 N–H and O–H groups in total. The number of nitrogens with one attached hydrogen (secondary N) is 1. The topological polar surface area (TPSA) is 55.3 Å².